The molecule has 2 aromatic rings. The number of ether oxygens (including phenoxy) is 3. The van der Waals surface area contributed by atoms with Gasteiger partial charge in [-0.25, -0.2) is 4.79 Å². The van der Waals surface area contributed by atoms with Gasteiger partial charge in [0.25, 0.3) is 0 Å². The molecule has 0 spiro atoms. The SMILES string of the molecule is COc1ccc(NC(=O)N2CCC(C)(c3noc(C4CCOCC4)n3)CC2)cc1OC. The van der Waals surface area contributed by atoms with Crippen LogP contribution in [0.1, 0.15) is 50.2 Å². The lowest BCUT2D eigenvalue weighted by atomic mass is 9.79. The van der Waals surface area contributed by atoms with Gasteiger partial charge in [0, 0.05) is 49.4 Å². The van der Waals surface area contributed by atoms with Gasteiger partial charge in [-0.05, 0) is 37.8 Å². The minimum atomic E-state index is -0.201. The number of urea groups is 1. The highest BCUT2D eigenvalue weighted by molar-refractivity contribution is 5.89. The van der Waals surface area contributed by atoms with Gasteiger partial charge in [-0.3, -0.25) is 0 Å². The standard InChI is InChI=1S/C22H30N4O5/c1-22(20-24-19(31-25-20)15-6-12-30-13-7-15)8-10-26(11-9-22)21(27)23-16-4-5-17(28-2)18(14-16)29-3/h4-5,14-15H,6-13H2,1-3H3,(H,23,27). The minimum absolute atomic E-state index is 0.134. The number of nitrogens with zero attached hydrogens (tertiary/aromatic N) is 3. The molecule has 9 heteroatoms. The first kappa shape index (κ1) is 21.4. The highest BCUT2D eigenvalue weighted by atomic mass is 16.5. The molecule has 0 aliphatic carbocycles. The van der Waals surface area contributed by atoms with Crippen molar-refractivity contribution in [3.05, 3.63) is 29.9 Å². The van der Waals surface area contributed by atoms with Crippen molar-refractivity contribution < 1.29 is 23.5 Å². The van der Waals surface area contributed by atoms with Crippen LogP contribution in [0, 0.1) is 0 Å². The van der Waals surface area contributed by atoms with E-state index in [1.807, 2.05) is 4.90 Å². The molecule has 0 radical (unpaired) electrons. The van der Waals surface area contributed by atoms with E-state index < -0.39 is 0 Å². The van der Waals surface area contributed by atoms with E-state index >= 15 is 0 Å². The maximum Gasteiger partial charge on any atom is 0.321 e. The van der Waals surface area contributed by atoms with Gasteiger partial charge in [0.05, 0.1) is 14.2 Å². The highest BCUT2D eigenvalue weighted by Crippen LogP contribution is 2.35. The number of rotatable bonds is 5. The van der Waals surface area contributed by atoms with Crippen LogP contribution >= 0.6 is 0 Å². The number of benzene rings is 1. The van der Waals surface area contributed by atoms with Gasteiger partial charge >= 0.3 is 6.03 Å². The molecule has 9 nitrogen and oxygen atoms in total. The number of amides is 2. The number of anilines is 1. The number of aromatic nitrogens is 2. The first-order valence-electron chi connectivity index (χ1n) is 10.7. The second-order valence-corrected chi connectivity index (χ2v) is 8.39. The molecule has 2 aliphatic heterocycles. The Morgan fingerprint density at radius 3 is 2.55 bits per heavy atom. The highest BCUT2D eigenvalue weighted by Gasteiger charge is 2.38. The summed E-state index contributed by atoms with van der Waals surface area (Å²) in [5, 5.41) is 7.23. The molecule has 0 bridgehead atoms. The molecule has 1 aromatic carbocycles. The molecule has 0 unspecified atom stereocenters. The predicted molar refractivity (Wildman–Crippen MR) is 114 cm³/mol. The predicted octanol–water partition coefficient (Wildman–Crippen LogP) is 3.57. The fraction of sp³-hybridized carbons (Fsp3) is 0.591. The lowest BCUT2D eigenvalue weighted by Crippen LogP contribution is -2.46. The summed E-state index contributed by atoms with van der Waals surface area (Å²) in [5.74, 6) is 2.94. The van der Waals surface area contributed by atoms with Crippen molar-refractivity contribution in [1.82, 2.24) is 15.0 Å². The van der Waals surface area contributed by atoms with Crippen molar-refractivity contribution in [1.29, 1.82) is 0 Å². The quantitative estimate of drug-likeness (QED) is 0.774. The summed E-state index contributed by atoms with van der Waals surface area (Å²) in [6, 6.07) is 5.19. The van der Waals surface area contributed by atoms with Crippen LogP contribution in [-0.2, 0) is 10.2 Å². The smallest absolute Gasteiger partial charge is 0.321 e. The zero-order chi connectivity index (χ0) is 21.8. The van der Waals surface area contributed by atoms with E-state index in [0.29, 0.717) is 36.2 Å². The van der Waals surface area contributed by atoms with Crippen molar-refractivity contribution >= 4 is 11.7 Å². The molecule has 0 atom stereocenters. The Labute approximate surface area is 182 Å². The summed E-state index contributed by atoms with van der Waals surface area (Å²) >= 11 is 0. The summed E-state index contributed by atoms with van der Waals surface area (Å²) in [6.45, 7) is 4.87. The van der Waals surface area contributed by atoms with E-state index in [0.717, 1.165) is 44.7 Å². The molecular weight excluding hydrogens is 400 g/mol. The summed E-state index contributed by atoms with van der Waals surface area (Å²) in [5.41, 5.74) is 0.461. The van der Waals surface area contributed by atoms with Crippen LogP contribution in [0.15, 0.2) is 22.7 Å². The Morgan fingerprint density at radius 2 is 1.87 bits per heavy atom. The normalized spacial score (nSPS) is 19.1. The number of hydrogen-bond donors (Lipinski definition) is 1. The van der Waals surface area contributed by atoms with Crippen molar-refractivity contribution in [3.8, 4) is 11.5 Å². The molecule has 1 N–H and O–H groups in total. The summed E-state index contributed by atoms with van der Waals surface area (Å²) in [7, 11) is 3.15. The number of carbonyl (C=O) groups excluding carboxylic acids is 1. The molecule has 168 valence electrons. The summed E-state index contributed by atoms with van der Waals surface area (Å²) < 4.78 is 21.6. The number of hydrogen-bond acceptors (Lipinski definition) is 7. The van der Waals surface area contributed by atoms with Gasteiger partial charge in [-0.1, -0.05) is 12.1 Å². The Morgan fingerprint density at radius 1 is 1.16 bits per heavy atom. The molecule has 3 heterocycles. The maximum atomic E-state index is 12.8. The van der Waals surface area contributed by atoms with E-state index in [2.05, 4.69) is 17.4 Å². The van der Waals surface area contributed by atoms with Crippen molar-refractivity contribution in [2.24, 2.45) is 0 Å². The molecule has 2 amide bonds. The second kappa shape index (κ2) is 9.13. The lowest BCUT2D eigenvalue weighted by molar-refractivity contribution is 0.0778. The van der Waals surface area contributed by atoms with Crippen molar-refractivity contribution in [2.45, 2.75) is 43.9 Å². The van der Waals surface area contributed by atoms with Gasteiger partial charge < -0.3 is 29.0 Å². The Kier molecular flexibility index (Phi) is 6.31. The molecule has 0 saturated carbocycles. The third kappa shape index (κ3) is 4.61. The van der Waals surface area contributed by atoms with Crippen molar-refractivity contribution in [3.63, 3.8) is 0 Å². The van der Waals surface area contributed by atoms with E-state index in [1.165, 1.54) is 0 Å². The molecular formula is C22H30N4O5. The van der Waals surface area contributed by atoms with Crippen LogP contribution in [0.2, 0.25) is 0 Å². The Hall–Kier alpha value is -2.81. The van der Waals surface area contributed by atoms with Gasteiger partial charge in [0.1, 0.15) is 0 Å². The van der Waals surface area contributed by atoms with Gasteiger partial charge in [0.2, 0.25) is 5.89 Å². The second-order valence-electron chi connectivity index (χ2n) is 8.39. The molecule has 2 saturated heterocycles. The topological polar surface area (TPSA) is 99.0 Å². The van der Waals surface area contributed by atoms with Crippen LogP contribution < -0.4 is 14.8 Å². The van der Waals surface area contributed by atoms with Crippen LogP contribution in [0.3, 0.4) is 0 Å². The van der Waals surface area contributed by atoms with E-state index in [-0.39, 0.29) is 17.4 Å². The van der Waals surface area contributed by atoms with Crippen LogP contribution in [0.25, 0.3) is 0 Å². The summed E-state index contributed by atoms with van der Waals surface area (Å²) in [4.78, 5) is 19.3. The van der Waals surface area contributed by atoms with Crippen LogP contribution in [0.4, 0.5) is 10.5 Å². The average molecular weight is 431 g/mol. The average Bonchev–Trinajstić information content (AvgIpc) is 3.31. The zero-order valence-corrected chi connectivity index (χ0v) is 18.3. The van der Waals surface area contributed by atoms with E-state index in [9.17, 15) is 4.79 Å². The number of methoxy groups -OCH3 is 2. The van der Waals surface area contributed by atoms with Crippen molar-refractivity contribution in [2.75, 3.05) is 45.8 Å². The molecule has 31 heavy (non-hydrogen) atoms. The number of carbonyl (C=O) groups is 1. The maximum absolute atomic E-state index is 12.8. The van der Waals surface area contributed by atoms with Crippen LogP contribution in [0.5, 0.6) is 11.5 Å². The third-order valence-electron chi connectivity index (χ3n) is 6.34. The lowest BCUT2D eigenvalue weighted by Gasteiger charge is -2.37. The van der Waals surface area contributed by atoms with Gasteiger partial charge in [0.15, 0.2) is 17.3 Å². The number of piperidine rings is 1. The van der Waals surface area contributed by atoms with Crippen LogP contribution in [-0.4, -0.2) is 61.6 Å². The fourth-order valence-electron chi connectivity index (χ4n) is 4.13. The fourth-order valence-corrected chi connectivity index (χ4v) is 4.13. The largest absolute Gasteiger partial charge is 0.493 e. The first-order chi connectivity index (χ1) is 15.0. The monoisotopic (exact) mass is 430 g/mol. The molecule has 1 aromatic heterocycles. The Balaban J connectivity index is 1.35. The zero-order valence-electron chi connectivity index (χ0n) is 18.3. The minimum Gasteiger partial charge on any atom is -0.493 e. The molecule has 2 aliphatic rings. The first-order valence-corrected chi connectivity index (χ1v) is 10.7. The van der Waals surface area contributed by atoms with E-state index in [4.69, 9.17) is 23.7 Å². The van der Waals surface area contributed by atoms with Gasteiger partial charge in [-0.2, -0.15) is 4.98 Å². The number of nitrogens with one attached hydrogen (secondary N) is 1. The van der Waals surface area contributed by atoms with Gasteiger partial charge in [-0.15, -0.1) is 0 Å². The molecule has 2 fully saturated rings. The van der Waals surface area contributed by atoms with E-state index in [1.54, 1.807) is 32.4 Å². The third-order valence-corrected chi connectivity index (χ3v) is 6.34. The summed E-state index contributed by atoms with van der Waals surface area (Å²) in [6.07, 6.45) is 3.39. The molecule has 4 rings (SSSR count). The Bertz CT molecular complexity index is 901. The number of likely N-dealkylation sites (tertiary alicyclic amines) is 1.